The predicted octanol–water partition coefficient (Wildman–Crippen LogP) is 1.99. The molecule has 0 aliphatic carbocycles. The number of nitro benzene ring substituents is 1. The van der Waals surface area contributed by atoms with Crippen molar-refractivity contribution >= 4 is 5.69 Å². The van der Waals surface area contributed by atoms with Crippen LogP contribution in [0.5, 0.6) is 0 Å². The summed E-state index contributed by atoms with van der Waals surface area (Å²) in [6, 6.07) is 4.10. The number of non-ortho nitro benzene ring substituents is 1. The van der Waals surface area contributed by atoms with Gasteiger partial charge < -0.3 is 15.0 Å². The normalized spacial score (nSPS) is 12.3. The van der Waals surface area contributed by atoms with Crippen LogP contribution in [0.3, 0.4) is 0 Å². The minimum atomic E-state index is -0.498. The summed E-state index contributed by atoms with van der Waals surface area (Å²) in [5, 5.41) is 14.7. The standard InChI is InChI=1S/C13H16N4O4/c1-3-20-7-11(14)12-15-13(21-16-12)9-4-8(2)5-10(6-9)17(18)19/h4-6,11H,3,7,14H2,1-2H3. The van der Waals surface area contributed by atoms with Crippen molar-refractivity contribution in [1.29, 1.82) is 0 Å². The van der Waals surface area contributed by atoms with Gasteiger partial charge in [-0.05, 0) is 25.5 Å². The molecule has 112 valence electrons. The molecule has 2 N–H and O–H groups in total. The summed E-state index contributed by atoms with van der Waals surface area (Å²) >= 11 is 0. The molecule has 1 aromatic carbocycles. The lowest BCUT2D eigenvalue weighted by Gasteiger charge is -2.05. The zero-order chi connectivity index (χ0) is 15.4. The molecule has 8 heteroatoms. The first kappa shape index (κ1) is 15.1. The molecule has 1 aromatic heterocycles. The Morgan fingerprint density at radius 2 is 2.24 bits per heavy atom. The molecule has 1 unspecified atom stereocenters. The van der Waals surface area contributed by atoms with Crippen molar-refractivity contribution in [2.45, 2.75) is 19.9 Å². The predicted molar refractivity (Wildman–Crippen MR) is 74.5 cm³/mol. The van der Waals surface area contributed by atoms with Gasteiger partial charge in [0.2, 0.25) is 0 Å². The Morgan fingerprint density at radius 3 is 2.90 bits per heavy atom. The van der Waals surface area contributed by atoms with E-state index in [1.807, 2.05) is 6.92 Å². The number of nitrogens with two attached hydrogens (primary N) is 1. The van der Waals surface area contributed by atoms with Gasteiger partial charge in [-0.2, -0.15) is 4.98 Å². The van der Waals surface area contributed by atoms with E-state index >= 15 is 0 Å². The number of aromatic nitrogens is 2. The minimum absolute atomic E-state index is 0.0247. The molecule has 1 atom stereocenters. The first-order valence-electron chi connectivity index (χ1n) is 6.44. The van der Waals surface area contributed by atoms with Crippen molar-refractivity contribution in [3.63, 3.8) is 0 Å². The SMILES string of the molecule is CCOCC(N)c1noc(-c2cc(C)cc([N+](=O)[O-])c2)n1. The van der Waals surface area contributed by atoms with Crippen LogP contribution in [-0.4, -0.2) is 28.3 Å². The van der Waals surface area contributed by atoms with Gasteiger partial charge in [-0.3, -0.25) is 10.1 Å². The van der Waals surface area contributed by atoms with E-state index < -0.39 is 11.0 Å². The lowest BCUT2D eigenvalue weighted by atomic mass is 10.1. The number of benzene rings is 1. The second-order valence-corrected chi connectivity index (χ2v) is 4.54. The van der Waals surface area contributed by atoms with Crippen LogP contribution in [0.2, 0.25) is 0 Å². The van der Waals surface area contributed by atoms with Crippen molar-refractivity contribution in [1.82, 2.24) is 10.1 Å². The van der Waals surface area contributed by atoms with E-state index in [0.29, 0.717) is 18.0 Å². The third kappa shape index (κ3) is 3.61. The zero-order valence-electron chi connectivity index (χ0n) is 11.8. The summed E-state index contributed by atoms with van der Waals surface area (Å²) in [5.74, 6) is 0.506. The van der Waals surface area contributed by atoms with Gasteiger partial charge in [-0.25, -0.2) is 0 Å². The summed E-state index contributed by atoms with van der Waals surface area (Å²) in [4.78, 5) is 14.6. The molecule has 21 heavy (non-hydrogen) atoms. The summed E-state index contributed by atoms with van der Waals surface area (Å²) in [6.45, 7) is 4.45. The summed E-state index contributed by atoms with van der Waals surface area (Å²) in [7, 11) is 0. The Hall–Kier alpha value is -2.32. The van der Waals surface area contributed by atoms with Crippen LogP contribution in [0.1, 0.15) is 24.4 Å². The zero-order valence-corrected chi connectivity index (χ0v) is 11.8. The van der Waals surface area contributed by atoms with Gasteiger partial charge >= 0.3 is 0 Å². The number of ether oxygens (including phenoxy) is 1. The molecule has 0 fully saturated rings. The van der Waals surface area contributed by atoms with E-state index in [4.69, 9.17) is 15.0 Å². The Balaban J connectivity index is 2.27. The van der Waals surface area contributed by atoms with Crippen LogP contribution in [0.25, 0.3) is 11.5 Å². The lowest BCUT2D eigenvalue weighted by molar-refractivity contribution is -0.384. The first-order chi connectivity index (χ1) is 10.0. The van der Waals surface area contributed by atoms with Crippen molar-refractivity contribution in [2.24, 2.45) is 5.73 Å². The van der Waals surface area contributed by atoms with Crippen LogP contribution < -0.4 is 5.73 Å². The fourth-order valence-electron chi connectivity index (χ4n) is 1.81. The molecular formula is C13H16N4O4. The molecular weight excluding hydrogens is 276 g/mol. The number of nitro groups is 1. The van der Waals surface area contributed by atoms with E-state index in [1.165, 1.54) is 12.1 Å². The molecule has 0 saturated heterocycles. The highest BCUT2D eigenvalue weighted by atomic mass is 16.6. The number of hydrogen-bond donors (Lipinski definition) is 1. The first-order valence-corrected chi connectivity index (χ1v) is 6.44. The van der Waals surface area contributed by atoms with Gasteiger partial charge in [-0.15, -0.1) is 0 Å². The van der Waals surface area contributed by atoms with Gasteiger partial charge in [0.25, 0.3) is 11.6 Å². The average molecular weight is 292 g/mol. The van der Waals surface area contributed by atoms with Crippen molar-refractivity contribution < 1.29 is 14.2 Å². The monoisotopic (exact) mass is 292 g/mol. The summed E-state index contributed by atoms with van der Waals surface area (Å²) in [6.07, 6.45) is 0. The largest absolute Gasteiger partial charge is 0.380 e. The highest BCUT2D eigenvalue weighted by Gasteiger charge is 2.17. The van der Waals surface area contributed by atoms with E-state index in [-0.39, 0.29) is 18.2 Å². The van der Waals surface area contributed by atoms with Crippen molar-refractivity contribution in [3.8, 4) is 11.5 Å². The fourth-order valence-corrected chi connectivity index (χ4v) is 1.81. The molecule has 0 aliphatic rings. The smallest absolute Gasteiger partial charge is 0.270 e. The van der Waals surface area contributed by atoms with Gasteiger partial charge in [-0.1, -0.05) is 5.16 Å². The maximum Gasteiger partial charge on any atom is 0.270 e. The molecule has 0 amide bonds. The Morgan fingerprint density at radius 1 is 1.48 bits per heavy atom. The maximum atomic E-state index is 10.9. The Bertz CT molecular complexity index is 641. The lowest BCUT2D eigenvalue weighted by Crippen LogP contribution is -2.18. The van der Waals surface area contributed by atoms with E-state index in [2.05, 4.69) is 10.1 Å². The van der Waals surface area contributed by atoms with Crippen LogP contribution in [0, 0.1) is 17.0 Å². The van der Waals surface area contributed by atoms with Crippen LogP contribution in [0.15, 0.2) is 22.7 Å². The van der Waals surface area contributed by atoms with E-state index in [1.54, 1.807) is 13.0 Å². The number of nitrogens with zero attached hydrogens (tertiary/aromatic N) is 3. The number of hydrogen-bond acceptors (Lipinski definition) is 7. The maximum absolute atomic E-state index is 10.9. The minimum Gasteiger partial charge on any atom is -0.380 e. The highest BCUT2D eigenvalue weighted by Crippen LogP contribution is 2.25. The molecule has 2 rings (SSSR count). The van der Waals surface area contributed by atoms with Gasteiger partial charge in [0.1, 0.15) is 0 Å². The second kappa shape index (κ2) is 6.42. The van der Waals surface area contributed by atoms with Crippen molar-refractivity contribution in [2.75, 3.05) is 13.2 Å². The third-order valence-electron chi connectivity index (χ3n) is 2.79. The van der Waals surface area contributed by atoms with Crippen LogP contribution in [0.4, 0.5) is 5.69 Å². The molecule has 0 bridgehead atoms. The Kier molecular flexibility index (Phi) is 4.61. The number of rotatable bonds is 6. The fraction of sp³-hybridized carbons (Fsp3) is 0.385. The van der Waals surface area contributed by atoms with Crippen molar-refractivity contribution in [3.05, 3.63) is 39.7 Å². The van der Waals surface area contributed by atoms with Gasteiger partial charge in [0.05, 0.1) is 17.6 Å². The summed E-state index contributed by atoms with van der Waals surface area (Å²) in [5.41, 5.74) is 7.06. The highest BCUT2D eigenvalue weighted by molar-refractivity contribution is 5.59. The molecule has 0 spiro atoms. The molecule has 1 heterocycles. The molecule has 0 saturated carbocycles. The third-order valence-corrected chi connectivity index (χ3v) is 2.79. The quantitative estimate of drug-likeness (QED) is 0.638. The summed E-state index contributed by atoms with van der Waals surface area (Å²) < 4.78 is 10.3. The molecule has 0 aliphatic heterocycles. The van der Waals surface area contributed by atoms with E-state index in [9.17, 15) is 10.1 Å². The number of aryl methyl sites for hydroxylation is 1. The topological polar surface area (TPSA) is 117 Å². The van der Waals surface area contributed by atoms with Crippen LogP contribution in [-0.2, 0) is 4.74 Å². The molecule has 8 nitrogen and oxygen atoms in total. The molecule has 0 radical (unpaired) electrons. The Labute approximate surface area is 121 Å². The average Bonchev–Trinajstić information content (AvgIpc) is 2.94. The van der Waals surface area contributed by atoms with Gasteiger partial charge in [0, 0.05) is 24.3 Å². The molecule has 2 aromatic rings. The second-order valence-electron chi connectivity index (χ2n) is 4.54. The van der Waals surface area contributed by atoms with Crippen LogP contribution >= 0.6 is 0 Å². The van der Waals surface area contributed by atoms with E-state index in [0.717, 1.165) is 5.56 Å². The van der Waals surface area contributed by atoms with Gasteiger partial charge in [0.15, 0.2) is 5.82 Å².